The summed E-state index contributed by atoms with van der Waals surface area (Å²) in [7, 11) is 0. The minimum Gasteiger partial charge on any atom is -0.324 e. The van der Waals surface area contributed by atoms with Crippen molar-refractivity contribution >= 4 is 38.6 Å². The van der Waals surface area contributed by atoms with E-state index in [1.807, 2.05) is 13.0 Å². The highest BCUT2D eigenvalue weighted by Gasteiger charge is 2.32. The zero-order chi connectivity index (χ0) is 12.9. The first-order valence-corrected chi connectivity index (χ1v) is 7.62. The zero-order valence-electron chi connectivity index (χ0n) is 10.5. The fourth-order valence-electron chi connectivity index (χ4n) is 2.58. The Labute approximate surface area is 120 Å². The first-order chi connectivity index (χ1) is 8.58. The van der Waals surface area contributed by atoms with E-state index in [0.717, 1.165) is 21.7 Å². The molecule has 1 aromatic heterocycles. The van der Waals surface area contributed by atoms with Crippen LogP contribution >= 0.6 is 27.5 Å². The fourth-order valence-corrected chi connectivity index (χ4v) is 3.09. The lowest BCUT2D eigenvalue weighted by molar-refractivity contribution is 0.480. The van der Waals surface area contributed by atoms with Gasteiger partial charge in [0.05, 0.1) is 16.4 Å². The number of imidazole rings is 1. The molecule has 1 aliphatic carbocycles. The van der Waals surface area contributed by atoms with E-state index in [4.69, 9.17) is 16.6 Å². The molecule has 0 aliphatic heterocycles. The lowest BCUT2D eigenvalue weighted by Crippen LogP contribution is -2.11. The Morgan fingerprint density at radius 2 is 2.11 bits per heavy atom. The van der Waals surface area contributed by atoms with Crippen LogP contribution in [-0.2, 0) is 0 Å². The van der Waals surface area contributed by atoms with Gasteiger partial charge in [-0.2, -0.15) is 0 Å². The van der Waals surface area contributed by atoms with E-state index in [1.165, 1.54) is 18.4 Å². The normalized spacial score (nSPS) is 19.1. The molecule has 0 saturated heterocycles. The third-order valence-electron chi connectivity index (χ3n) is 3.75. The second-order valence-electron chi connectivity index (χ2n) is 5.17. The fraction of sp³-hybridized carbons (Fsp3) is 0.500. The number of aromatic nitrogens is 2. The standard InChI is InChI=1S/C14H16BrClN2/c1-8(16)14-17-12-6-5-11(15)7-13(12)18(14)9(2)10-3-4-10/h5-10H,3-4H2,1-2H3. The molecule has 3 rings (SSSR count). The molecule has 1 fully saturated rings. The molecule has 1 aromatic carbocycles. The molecular formula is C14H16BrClN2. The molecule has 4 heteroatoms. The summed E-state index contributed by atoms with van der Waals surface area (Å²) in [5, 5.41) is -0.0580. The molecule has 2 aromatic rings. The van der Waals surface area contributed by atoms with E-state index < -0.39 is 0 Å². The Morgan fingerprint density at radius 3 is 2.72 bits per heavy atom. The van der Waals surface area contributed by atoms with Crippen molar-refractivity contribution in [1.29, 1.82) is 0 Å². The van der Waals surface area contributed by atoms with Gasteiger partial charge in [0, 0.05) is 10.5 Å². The number of benzene rings is 1. The third-order valence-corrected chi connectivity index (χ3v) is 4.43. The van der Waals surface area contributed by atoms with Crippen LogP contribution in [0.1, 0.15) is 43.9 Å². The summed E-state index contributed by atoms with van der Waals surface area (Å²) in [6.07, 6.45) is 2.65. The molecule has 0 bridgehead atoms. The summed E-state index contributed by atoms with van der Waals surface area (Å²) in [5.74, 6) is 1.78. The van der Waals surface area contributed by atoms with Crippen molar-refractivity contribution in [2.45, 2.75) is 38.1 Å². The van der Waals surface area contributed by atoms with E-state index in [9.17, 15) is 0 Å². The lowest BCUT2D eigenvalue weighted by atomic mass is 10.2. The molecule has 2 unspecified atom stereocenters. The van der Waals surface area contributed by atoms with Crippen LogP contribution in [0.3, 0.4) is 0 Å². The molecular weight excluding hydrogens is 312 g/mol. The van der Waals surface area contributed by atoms with Gasteiger partial charge in [0.25, 0.3) is 0 Å². The SMILES string of the molecule is CC(Cl)c1nc2ccc(Br)cc2n1C(C)C1CC1. The lowest BCUT2D eigenvalue weighted by Gasteiger charge is -2.18. The molecule has 0 amide bonds. The van der Waals surface area contributed by atoms with Gasteiger partial charge in [0.1, 0.15) is 5.82 Å². The molecule has 96 valence electrons. The molecule has 1 saturated carbocycles. The maximum atomic E-state index is 6.29. The van der Waals surface area contributed by atoms with Crippen molar-refractivity contribution in [3.05, 3.63) is 28.5 Å². The van der Waals surface area contributed by atoms with Crippen molar-refractivity contribution in [1.82, 2.24) is 9.55 Å². The predicted octanol–water partition coefficient (Wildman–Crippen LogP) is 5.07. The van der Waals surface area contributed by atoms with Crippen LogP contribution < -0.4 is 0 Å². The van der Waals surface area contributed by atoms with E-state index in [-0.39, 0.29) is 5.38 Å². The van der Waals surface area contributed by atoms with Crippen LogP contribution in [0.15, 0.2) is 22.7 Å². The predicted molar refractivity (Wildman–Crippen MR) is 79.1 cm³/mol. The Morgan fingerprint density at radius 1 is 1.39 bits per heavy atom. The molecule has 0 spiro atoms. The monoisotopic (exact) mass is 326 g/mol. The maximum Gasteiger partial charge on any atom is 0.127 e. The number of hydrogen-bond donors (Lipinski definition) is 0. The Bertz CT molecular complexity index is 587. The van der Waals surface area contributed by atoms with Gasteiger partial charge in [-0.25, -0.2) is 4.98 Å². The van der Waals surface area contributed by atoms with Crippen LogP contribution in [0, 0.1) is 5.92 Å². The summed E-state index contributed by atoms with van der Waals surface area (Å²) >= 11 is 9.83. The highest BCUT2D eigenvalue weighted by Crippen LogP contribution is 2.42. The van der Waals surface area contributed by atoms with Crippen LogP contribution in [0.25, 0.3) is 11.0 Å². The van der Waals surface area contributed by atoms with Crippen molar-refractivity contribution < 1.29 is 0 Å². The van der Waals surface area contributed by atoms with Gasteiger partial charge < -0.3 is 4.57 Å². The van der Waals surface area contributed by atoms with Gasteiger partial charge >= 0.3 is 0 Å². The second-order valence-corrected chi connectivity index (χ2v) is 6.74. The number of nitrogens with zero attached hydrogens (tertiary/aromatic N) is 2. The summed E-state index contributed by atoms with van der Waals surface area (Å²) in [4.78, 5) is 4.69. The highest BCUT2D eigenvalue weighted by atomic mass is 79.9. The van der Waals surface area contributed by atoms with Crippen molar-refractivity contribution in [2.24, 2.45) is 5.92 Å². The molecule has 0 N–H and O–H groups in total. The summed E-state index contributed by atoms with van der Waals surface area (Å²) in [5.41, 5.74) is 2.22. The van der Waals surface area contributed by atoms with Gasteiger partial charge in [0.2, 0.25) is 0 Å². The topological polar surface area (TPSA) is 17.8 Å². The number of rotatable bonds is 3. The number of halogens is 2. The van der Waals surface area contributed by atoms with E-state index in [1.54, 1.807) is 0 Å². The number of alkyl halides is 1. The van der Waals surface area contributed by atoms with Gasteiger partial charge in [-0.15, -0.1) is 11.6 Å². The van der Waals surface area contributed by atoms with Gasteiger partial charge in [0.15, 0.2) is 0 Å². The molecule has 2 atom stereocenters. The van der Waals surface area contributed by atoms with E-state index in [2.05, 4.69) is 39.6 Å². The van der Waals surface area contributed by atoms with Crippen LogP contribution in [-0.4, -0.2) is 9.55 Å². The number of hydrogen-bond acceptors (Lipinski definition) is 1. The van der Waals surface area contributed by atoms with E-state index >= 15 is 0 Å². The average Bonchev–Trinajstić information content (AvgIpc) is 3.09. The smallest absolute Gasteiger partial charge is 0.127 e. The maximum absolute atomic E-state index is 6.29. The molecule has 1 heterocycles. The minimum atomic E-state index is -0.0580. The van der Waals surface area contributed by atoms with Gasteiger partial charge in [-0.05, 0) is 50.8 Å². The second kappa shape index (κ2) is 4.53. The van der Waals surface area contributed by atoms with Crippen molar-refractivity contribution in [3.8, 4) is 0 Å². The van der Waals surface area contributed by atoms with Crippen molar-refractivity contribution in [2.75, 3.05) is 0 Å². The van der Waals surface area contributed by atoms with Crippen LogP contribution in [0.4, 0.5) is 0 Å². The quantitative estimate of drug-likeness (QED) is 0.720. The highest BCUT2D eigenvalue weighted by molar-refractivity contribution is 9.10. The molecule has 0 radical (unpaired) electrons. The van der Waals surface area contributed by atoms with Crippen LogP contribution in [0.5, 0.6) is 0 Å². The molecule has 18 heavy (non-hydrogen) atoms. The third kappa shape index (κ3) is 2.08. The Balaban J connectivity index is 2.22. The first-order valence-electron chi connectivity index (χ1n) is 6.39. The summed E-state index contributed by atoms with van der Waals surface area (Å²) < 4.78 is 3.42. The first kappa shape index (κ1) is 12.5. The van der Waals surface area contributed by atoms with Gasteiger partial charge in [-0.1, -0.05) is 15.9 Å². The summed E-state index contributed by atoms with van der Waals surface area (Å²) in [6, 6.07) is 6.72. The zero-order valence-corrected chi connectivity index (χ0v) is 12.9. The molecule has 2 nitrogen and oxygen atoms in total. The van der Waals surface area contributed by atoms with Crippen molar-refractivity contribution in [3.63, 3.8) is 0 Å². The average molecular weight is 328 g/mol. The Kier molecular flexibility index (Phi) is 3.15. The summed E-state index contributed by atoms with van der Waals surface area (Å²) in [6.45, 7) is 4.27. The Hall–Kier alpha value is -0.540. The van der Waals surface area contributed by atoms with E-state index in [0.29, 0.717) is 6.04 Å². The molecule has 1 aliphatic rings. The number of fused-ring (bicyclic) bond motifs is 1. The van der Waals surface area contributed by atoms with Crippen LogP contribution in [0.2, 0.25) is 0 Å². The van der Waals surface area contributed by atoms with Gasteiger partial charge in [-0.3, -0.25) is 0 Å². The largest absolute Gasteiger partial charge is 0.324 e. The minimum absolute atomic E-state index is 0.0580.